The van der Waals surface area contributed by atoms with E-state index in [0.29, 0.717) is 0 Å². The second-order valence-electron chi connectivity index (χ2n) is 5.37. The fourth-order valence-electron chi connectivity index (χ4n) is 2.69. The summed E-state index contributed by atoms with van der Waals surface area (Å²) in [5.41, 5.74) is 2.63. The summed E-state index contributed by atoms with van der Waals surface area (Å²) >= 11 is 0. The Morgan fingerprint density at radius 1 is 1.39 bits per heavy atom. The molecule has 2 atom stereocenters. The van der Waals surface area contributed by atoms with Gasteiger partial charge in [-0.2, -0.15) is 0 Å². The summed E-state index contributed by atoms with van der Waals surface area (Å²) < 4.78 is 0. The molecular weight excluding hydrogens is 226 g/mol. The first kappa shape index (κ1) is 13.1. The van der Waals surface area contributed by atoms with E-state index in [2.05, 4.69) is 23.5 Å². The number of hydrogen-bond donors (Lipinski definition) is 2. The fourth-order valence-corrected chi connectivity index (χ4v) is 2.69. The minimum absolute atomic E-state index is 0.0941. The van der Waals surface area contributed by atoms with Gasteiger partial charge in [0, 0.05) is 6.04 Å². The van der Waals surface area contributed by atoms with Crippen molar-refractivity contribution < 1.29 is 9.90 Å². The van der Waals surface area contributed by atoms with Crippen LogP contribution in [0.3, 0.4) is 0 Å². The molecule has 2 rings (SSSR count). The molecular formula is C15H21NO2. The molecule has 1 aliphatic carbocycles. The van der Waals surface area contributed by atoms with Crippen LogP contribution in [0.25, 0.3) is 0 Å². The van der Waals surface area contributed by atoms with E-state index in [1.54, 1.807) is 0 Å². The summed E-state index contributed by atoms with van der Waals surface area (Å²) in [6.45, 7) is 3.89. The van der Waals surface area contributed by atoms with Crippen LogP contribution in [0, 0.1) is 5.92 Å². The van der Waals surface area contributed by atoms with E-state index in [1.165, 1.54) is 11.1 Å². The molecule has 2 unspecified atom stereocenters. The van der Waals surface area contributed by atoms with Crippen LogP contribution in [0.4, 0.5) is 0 Å². The van der Waals surface area contributed by atoms with Crippen molar-refractivity contribution in [3.8, 4) is 0 Å². The van der Waals surface area contributed by atoms with E-state index in [1.807, 2.05) is 19.9 Å². The number of aliphatic carboxylic acids is 1. The largest absolute Gasteiger partial charge is 0.480 e. The third-order valence-corrected chi connectivity index (χ3v) is 3.68. The summed E-state index contributed by atoms with van der Waals surface area (Å²) in [5, 5.41) is 12.6. The number of carbonyl (C=O) groups is 1. The van der Waals surface area contributed by atoms with Crippen molar-refractivity contribution in [2.45, 2.75) is 45.2 Å². The molecule has 0 spiro atoms. The van der Waals surface area contributed by atoms with Gasteiger partial charge in [0.15, 0.2) is 0 Å². The lowest BCUT2D eigenvalue weighted by molar-refractivity contribution is -0.141. The Labute approximate surface area is 108 Å². The molecule has 0 bridgehead atoms. The predicted molar refractivity (Wildman–Crippen MR) is 71.5 cm³/mol. The lowest BCUT2D eigenvalue weighted by Gasteiger charge is -2.30. The van der Waals surface area contributed by atoms with E-state index in [0.717, 1.165) is 19.3 Å². The molecule has 0 amide bonds. The SMILES string of the molecule is CC(C)C(NC1CCCc2ccccc21)C(=O)O. The summed E-state index contributed by atoms with van der Waals surface area (Å²) in [6.07, 6.45) is 3.25. The average molecular weight is 247 g/mol. The molecule has 1 aromatic rings. The van der Waals surface area contributed by atoms with Crippen molar-refractivity contribution in [3.05, 3.63) is 35.4 Å². The Bertz CT molecular complexity index is 428. The number of fused-ring (bicyclic) bond motifs is 1. The van der Waals surface area contributed by atoms with Crippen LogP contribution in [-0.4, -0.2) is 17.1 Å². The van der Waals surface area contributed by atoms with E-state index in [9.17, 15) is 9.90 Å². The zero-order valence-corrected chi connectivity index (χ0v) is 11.0. The highest BCUT2D eigenvalue weighted by atomic mass is 16.4. The van der Waals surface area contributed by atoms with Gasteiger partial charge in [0.1, 0.15) is 6.04 Å². The first-order valence-electron chi connectivity index (χ1n) is 6.66. The van der Waals surface area contributed by atoms with E-state index in [-0.39, 0.29) is 12.0 Å². The third-order valence-electron chi connectivity index (χ3n) is 3.68. The van der Waals surface area contributed by atoms with Crippen molar-refractivity contribution in [3.63, 3.8) is 0 Å². The van der Waals surface area contributed by atoms with Crippen LogP contribution in [-0.2, 0) is 11.2 Å². The average Bonchev–Trinajstić information content (AvgIpc) is 2.35. The Kier molecular flexibility index (Phi) is 4.02. The van der Waals surface area contributed by atoms with Gasteiger partial charge in [-0.25, -0.2) is 0 Å². The second kappa shape index (κ2) is 5.53. The lowest BCUT2D eigenvalue weighted by atomic mass is 9.86. The molecule has 3 nitrogen and oxygen atoms in total. The van der Waals surface area contributed by atoms with E-state index >= 15 is 0 Å². The first-order valence-corrected chi connectivity index (χ1v) is 6.66. The van der Waals surface area contributed by atoms with Gasteiger partial charge in [-0.3, -0.25) is 10.1 Å². The van der Waals surface area contributed by atoms with Gasteiger partial charge in [0.25, 0.3) is 0 Å². The highest BCUT2D eigenvalue weighted by Crippen LogP contribution is 2.30. The number of hydrogen-bond acceptors (Lipinski definition) is 2. The monoisotopic (exact) mass is 247 g/mol. The van der Waals surface area contributed by atoms with Crippen molar-refractivity contribution in [1.29, 1.82) is 0 Å². The fraction of sp³-hybridized carbons (Fsp3) is 0.533. The van der Waals surface area contributed by atoms with Crippen LogP contribution in [0.5, 0.6) is 0 Å². The van der Waals surface area contributed by atoms with Crippen molar-refractivity contribution in [2.75, 3.05) is 0 Å². The maximum Gasteiger partial charge on any atom is 0.320 e. The molecule has 18 heavy (non-hydrogen) atoms. The van der Waals surface area contributed by atoms with Gasteiger partial charge in [-0.05, 0) is 36.3 Å². The highest BCUT2D eigenvalue weighted by Gasteiger charge is 2.27. The number of carboxylic acids is 1. The Morgan fingerprint density at radius 2 is 2.11 bits per heavy atom. The summed E-state index contributed by atoms with van der Waals surface area (Å²) in [7, 11) is 0. The number of rotatable bonds is 4. The van der Waals surface area contributed by atoms with Gasteiger partial charge >= 0.3 is 5.97 Å². The number of nitrogens with one attached hydrogen (secondary N) is 1. The Balaban J connectivity index is 2.18. The summed E-state index contributed by atoms with van der Waals surface area (Å²) in [4.78, 5) is 11.3. The molecule has 0 saturated carbocycles. The van der Waals surface area contributed by atoms with Crippen LogP contribution in [0.2, 0.25) is 0 Å². The van der Waals surface area contributed by atoms with E-state index < -0.39 is 12.0 Å². The molecule has 98 valence electrons. The van der Waals surface area contributed by atoms with Crippen molar-refractivity contribution in [1.82, 2.24) is 5.32 Å². The highest BCUT2D eigenvalue weighted by molar-refractivity contribution is 5.73. The van der Waals surface area contributed by atoms with Crippen molar-refractivity contribution in [2.24, 2.45) is 5.92 Å². The molecule has 0 heterocycles. The lowest BCUT2D eigenvalue weighted by Crippen LogP contribution is -2.43. The van der Waals surface area contributed by atoms with Crippen LogP contribution >= 0.6 is 0 Å². The van der Waals surface area contributed by atoms with Gasteiger partial charge in [-0.1, -0.05) is 38.1 Å². The number of benzene rings is 1. The van der Waals surface area contributed by atoms with Gasteiger partial charge < -0.3 is 5.11 Å². The van der Waals surface area contributed by atoms with Crippen LogP contribution < -0.4 is 5.32 Å². The zero-order chi connectivity index (χ0) is 13.1. The topological polar surface area (TPSA) is 49.3 Å². The number of aryl methyl sites for hydroxylation is 1. The molecule has 3 heteroatoms. The van der Waals surface area contributed by atoms with Crippen LogP contribution in [0.15, 0.2) is 24.3 Å². The van der Waals surface area contributed by atoms with Crippen LogP contribution in [0.1, 0.15) is 43.9 Å². The molecule has 1 aliphatic rings. The Morgan fingerprint density at radius 3 is 2.78 bits per heavy atom. The van der Waals surface area contributed by atoms with Crippen molar-refractivity contribution >= 4 is 5.97 Å². The maximum absolute atomic E-state index is 11.3. The standard InChI is InChI=1S/C15H21NO2/c1-10(2)14(15(17)18)16-13-9-5-7-11-6-3-4-8-12(11)13/h3-4,6,8,10,13-14,16H,5,7,9H2,1-2H3,(H,17,18). The summed E-state index contributed by atoms with van der Waals surface area (Å²) in [5.74, 6) is -0.662. The zero-order valence-electron chi connectivity index (χ0n) is 11.0. The second-order valence-corrected chi connectivity index (χ2v) is 5.37. The van der Waals surface area contributed by atoms with Gasteiger partial charge in [-0.15, -0.1) is 0 Å². The molecule has 0 aromatic heterocycles. The maximum atomic E-state index is 11.3. The first-order chi connectivity index (χ1) is 8.59. The molecule has 0 fully saturated rings. The smallest absolute Gasteiger partial charge is 0.320 e. The normalized spacial score (nSPS) is 20.5. The summed E-state index contributed by atoms with van der Waals surface area (Å²) in [6, 6.07) is 8.06. The molecule has 0 saturated heterocycles. The minimum atomic E-state index is -0.756. The molecule has 0 radical (unpaired) electrons. The third kappa shape index (κ3) is 2.72. The minimum Gasteiger partial charge on any atom is -0.480 e. The van der Waals surface area contributed by atoms with Gasteiger partial charge in [0.05, 0.1) is 0 Å². The quantitative estimate of drug-likeness (QED) is 0.860. The molecule has 1 aromatic carbocycles. The molecule has 0 aliphatic heterocycles. The Hall–Kier alpha value is -1.35. The predicted octanol–water partition coefficient (Wildman–Crippen LogP) is 2.76. The van der Waals surface area contributed by atoms with E-state index in [4.69, 9.17) is 0 Å². The molecule has 2 N–H and O–H groups in total. The van der Waals surface area contributed by atoms with Gasteiger partial charge in [0.2, 0.25) is 0 Å². The number of carboxylic acid groups (broad SMARTS) is 1.